The fourth-order valence-electron chi connectivity index (χ4n) is 2.52. The monoisotopic (exact) mass is 316 g/mol. The number of rotatable bonds is 4. The molecule has 114 valence electrons. The Balaban J connectivity index is 1.64. The highest BCUT2D eigenvalue weighted by atomic mass is 32.2. The summed E-state index contributed by atoms with van der Waals surface area (Å²) < 4.78 is 22.3. The third kappa shape index (κ3) is 3.18. The quantitative estimate of drug-likeness (QED) is 0.905. The van der Waals surface area contributed by atoms with Crippen molar-refractivity contribution in [3.8, 4) is 0 Å². The minimum atomic E-state index is -3.71. The lowest BCUT2D eigenvalue weighted by Crippen LogP contribution is -2.15. The molecule has 22 heavy (non-hydrogen) atoms. The van der Waals surface area contributed by atoms with Gasteiger partial charge in [0.1, 0.15) is 0 Å². The molecule has 6 heteroatoms. The number of primary sulfonamides is 1. The maximum absolute atomic E-state index is 12.2. The predicted molar refractivity (Wildman–Crippen MR) is 83.7 cm³/mol. The summed E-state index contributed by atoms with van der Waals surface area (Å²) in [5.74, 6) is 0.197. The summed E-state index contributed by atoms with van der Waals surface area (Å²) >= 11 is 0. The Labute approximate surface area is 129 Å². The zero-order chi connectivity index (χ0) is 15.7. The average Bonchev–Trinajstić information content (AvgIpc) is 3.28. The molecule has 2 atom stereocenters. The smallest absolute Gasteiger partial charge is 0.238 e. The van der Waals surface area contributed by atoms with Gasteiger partial charge < -0.3 is 5.32 Å². The summed E-state index contributed by atoms with van der Waals surface area (Å²) in [6.45, 7) is 0. The van der Waals surface area contributed by atoms with E-state index in [-0.39, 0.29) is 22.6 Å². The molecule has 1 aliphatic rings. The molecule has 0 heterocycles. The second-order valence-electron chi connectivity index (χ2n) is 5.42. The van der Waals surface area contributed by atoms with Crippen molar-refractivity contribution in [3.05, 3.63) is 60.2 Å². The van der Waals surface area contributed by atoms with Gasteiger partial charge in [-0.25, -0.2) is 13.6 Å². The second-order valence-corrected chi connectivity index (χ2v) is 6.98. The zero-order valence-electron chi connectivity index (χ0n) is 11.8. The summed E-state index contributed by atoms with van der Waals surface area (Å²) in [5.41, 5.74) is 1.74. The third-order valence-electron chi connectivity index (χ3n) is 3.81. The maximum atomic E-state index is 12.2. The Morgan fingerprint density at radius 1 is 1.05 bits per heavy atom. The van der Waals surface area contributed by atoms with Gasteiger partial charge >= 0.3 is 0 Å². The minimum Gasteiger partial charge on any atom is -0.326 e. The van der Waals surface area contributed by atoms with E-state index >= 15 is 0 Å². The molecule has 5 nitrogen and oxygen atoms in total. The van der Waals surface area contributed by atoms with Gasteiger partial charge in [-0.15, -0.1) is 0 Å². The van der Waals surface area contributed by atoms with E-state index in [1.165, 1.54) is 29.8 Å². The van der Waals surface area contributed by atoms with Crippen LogP contribution in [0.2, 0.25) is 0 Å². The van der Waals surface area contributed by atoms with Crippen LogP contribution in [0.5, 0.6) is 0 Å². The standard InChI is InChI=1S/C16H16N2O3S/c17-22(20,21)13-8-6-12(7-9-13)18-16(19)15-10-14(15)11-4-2-1-3-5-11/h1-9,14-15H,10H2,(H,18,19)(H2,17,20,21)/t14-,15+/m0/s1. The van der Waals surface area contributed by atoms with Gasteiger partial charge in [0.25, 0.3) is 0 Å². The van der Waals surface area contributed by atoms with E-state index < -0.39 is 10.0 Å². The van der Waals surface area contributed by atoms with E-state index in [2.05, 4.69) is 5.32 Å². The largest absolute Gasteiger partial charge is 0.326 e. The molecule has 0 aromatic heterocycles. The predicted octanol–water partition coefficient (Wildman–Crippen LogP) is 2.08. The lowest BCUT2D eigenvalue weighted by molar-refractivity contribution is -0.117. The molecule has 0 aliphatic heterocycles. The highest BCUT2D eigenvalue weighted by molar-refractivity contribution is 7.89. The topological polar surface area (TPSA) is 89.3 Å². The van der Waals surface area contributed by atoms with E-state index in [1.807, 2.05) is 30.3 Å². The number of benzene rings is 2. The average molecular weight is 316 g/mol. The first-order valence-corrected chi connectivity index (χ1v) is 8.48. The van der Waals surface area contributed by atoms with Crippen LogP contribution in [0.4, 0.5) is 5.69 Å². The van der Waals surface area contributed by atoms with Gasteiger partial charge in [0, 0.05) is 11.6 Å². The fraction of sp³-hybridized carbons (Fsp3) is 0.188. The molecule has 1 aliphatic carbocycles. The first kappa shape index (κ1) is 14.7. The van der Waals surface area contributed by atoms with Crippen molar-refractivity contribution in [2.75, 3.05) is 5.32 Å². The van der Waals surface area contributed by atoms with E-state index in [1.54, 1.807) is 0 Å². The van der Waals surface area contributed by atoms with Crippen molar-refractivity contribution in [3.63, 3.8) is 0 Å². The van der Waals surface area contributed by atoms with Crippen molar-refractivity contribution in [2.24, 2.45) is 11.1 Å². The van der Waals surface area contributed by atoms with Crippen molar-refractivity contribution >= 4 is 21.6 Å². The molecule has 1 fully saturated rings. The highest BCUT2D eigenvalue weighted by Crippen LogP contribution is 2.47. The lowest BCUT2D eigenvalue weighted by Gasteiger charge is -2.06. The van der Waals surface area contributed by atoms with Crippen molar-refractivity contribution < 1.29 is 13.2 Å². The Hall–Kier alpha value is -2.18. The molecule has 0 spiro atoms. The van der Waals surface area contributed by atoms with Crippen LogP contribution in [-0.4, -0.2) is 14.3 Å². The van der Waals surface area contributed by atoms with Gasteiger partial charge in [-0.3, -0.25) is 4.79 Å². The van der Waals surface area contributed by atoms with Crippen LogP contribution >= 0.6 is 0 Å². The molecule has 0 radical (unpaired) electrons. The highest BCUT2D eigenvalue weighted by Gasteiger charge is 2.43. The van der Waals surface area contributed by atoms with Crippen molar-refractivity contribution in [1.29, 1.82) is 0 Å². The van der Waals surface area contributed by atoms with Gasteiger partial charge in [0.2, 0.25) is 15.9 Å². The Kier molecular flexibility index (Phi) is 3.72. The summed E-state index contributed by atoms with van der Waals surface area (Å²) in [6.07, 6.45) is 0.838. The summed E-state index contributed by atoms with van der Waals surface area (Å²) in [6, 6.07) is 15.8. The summed E-state index contributed by atoms with van der Waals surface area (Å²) in [7, 11) is -3.71. The molecular weight excluding hydrogens is 300 g/mol. The fourth-order valence-corrected chi connectivity index (χ4v) is 3.03. The summed E-state index contributed by atoms with van der Waals surface area (Å²) in [5, 5.41) is 7.84. The number of hydrogen-bond donors (Lipinski definition) is 2. The summed E-state index contributed by atoms with van der Waals surface area (Å²) in [4.78, 5) is 12.2. The molecule has 2 aromatic rings. The van der Waals surface area contributed by atoms with E-state index in [0.29, 0.717) is 5.69 Å². The molecule has 1 saturated carbocycles. The van der Waals surface area contributed by atoms with Crippen LogP contribution in [0.15, 0.2) is 59.5 Å². The molecule has 2 aromatic carbocycles. The maximum Gasteiger partial charge on any atom is 0.238 e. The van der Waals surface area contributed by atoms with Crippen molar-refractivity contribution in [1.82, 2.24) is 0 Å². The normalized spacial score (nSPS) is 20.4. The van der Waals surface area contributed by atoms with E-state index in [4.69, 9.17) is 5.14 Å². The molecule has 3 rings (SSSR count). The molecule has 1 amide bonds. The number of hydrogen-bond acceptors (Lipinski definition) is 3. The van der Waals surface area contributed by atoms with Gasteiger partial charge in [0.05, 0.1) is 4.90 Å². The number of sulfonamides is 1. The van der Waals surface area contributed by atoms with Crippen molar-refractivity contribution in [2.45, 2.75) is 17.2 Å². The lowest BCUT2D eigenvalue weighted by atomic mass is 10.1. The number of nitrogens with two attached hydrogens (primary N) is 1. The third-order valence-corrected chi connectivity index (χ3v) is 4.73. The van der Waals surface area contributed by atoms with Crippen LogP contribution in [-0.2, 0) is 14.8 Å². The van der Waals surface area contributed by atoms with Gasteiger partial charge in [-0.1, -0.05) is 30.3 Å². The minimum absolute atomic E-state index is 0.0269. The zero-order valence-corrected chi connectivity index (χ0v) is 12.6. The Morgan fingerprint density at radius 2 is 1.68 bits per heavy atom. The van der Waals surface area contributed by atoms with Crippen LogP contribution in [0.25, 0.3) is 0 Å². The number of anilines is 1. The molecule has 0 bridgehead atoms. The second kappa shape index (κ2) is 5.55. The van der Waals surface area contributed by atoms with Gasteiger partial charge in [0.15, 0.2) is 0 Å². The van der Waals surface area contributed by atoms with Crippen LogP contribution in [0, 0.1) is 5.92 Å². The SMILES string of the molecule is NS(=O)(=O)c1ccc(NC(=O)[C@@H]2C[C@H]2c2ccccc2)cc1. The Bertz CT molecular complexity index is 786. The molecule has 3 N–H and O–H groups in total. The van der Waals surface area contributed by atoms with E-state index in [0.717, 1.165) is 6.42 Å². The van der Waals surface area contributed by atoms with Crippen LogP contribution in [0.3, 0.4) is 0 Å². The number of nitrogens with one attached hydrogen (secondary N) is 1. The van der Waals surface area contributed by atoms with Crippen LogP contribution < -0.4 is 10.5 Å². The number of carbonyl (C=O) groups excluding carboxylic acids is 1. The Morgan fingerprint density at radius 3 is 2.27 bits per heavy atom. The molecular formula is C16H16N2O3S. The number of carbonyl (C=O) groups is 1. The number of amides is 1. The van der Waals surface area contributed by atoms with Gasteiger partial charge in [-0.2, -0.15) is 0 Å². The molecule has 0 unspecified atom stereocenters. The van der Waals surface area contributed by atoms with E-state index in [9.17, 15) is 13.2 Å². The first-order valence-electron chi connectivity index (χ1n) is 6.94. The molecule has 0 saturated heterocycles. The van der Waals surface area contributed by atoms with Crippen LogP contribution in [0.1, 0.15) is 17.9 Å². The first-order chi connectivity index (χ1) is 10.4. The van der Waals surface area contributed by atoms with Gasteiger partial charge in [-0.05, 0) is 42.2 Å².